The molecule has 1 saturated heterocycles. The van der Waals surface area contributed by atoms with E-state index in [2.05, 4.69) is 17.2 Å². The molecule has 1 aromatic heterocycles. The second kappa shape index (κ2) is 6.04. The van der Waals surface area contributed by atoms with Crippen LogP contribution in [0.2, 0.25) is 0 Å². The van der Waals surface area contributed by atoms with E-state index in [0.29, 0.717) is 11.4 Å². The number of nitrogens with zero attached hydrogens (tertiary/aromatic N) is 1. The summed E-state index contributed by atoms with van der Waals surface area (Å²) in [5.74, 6) is 1.19. The zero-order valence-electron chi connectivity index (χ0n) is 12.3. The summed E-state index contributed by atoms with van der Waals surface area (Å²) in [5, 5.41) is 12.5. The van der Waals surface area contributed by atoms with Gasteiger partial charge in [-0.15, -0.1) is 0 Å². The van der Waals surface area contributed by atoms with Crippen molar-refractivity contribution in [2.24, 2.45) is 0 Å². The smallest absolute Gasteiger partial charge is 0.335 e. The minimum absolute atomic E-state index is 0.214. The SMILES string of the molecule is CC(C)c1cc(C(=O)O)cc(NCC2(C)CCCS2)n1. The van der Waals surface area contributed by atoms with Crippen LogP contribution in [0.4, 0.5) is 5.82 Å². The molecular weight excluding hydrogens is 272 g/mol. The molecule has 0 radical (unpaired) electrons. The number of hydrogen-bond donors (Lipinski definition) is 2. The molecule has 1 aliphatic heterocycles. The third kappa shape index (κ3) is 3.66. The largest absolute Gasteiger partial charge is 0.478 e. The third-order valence-electron chi connectivity index (χ3n) is 3.63. The van der Waals surface area contributed by atoms with Crippen LogP contribution in [0, 0.1) is 0 Å². The van der Waals surface area contributed by atoms with Crippen molar-refractivity contribution in [2.75, 3.05) is 17.6 Å². The van der Waals surface area contributed by atoms with Gasteiger partial charge in [0.25, 0.3) is 0 Å². The van der Waals surface area contributed by atoms with Gasteiger partial charge in [0.2, 0.25) is 0 Å². The van der Waals surface area contributed by atoms with E-state index in [-0.39, 0.29) is 10.7 Å². The average molecular weight is 294 g/mol. The third-order valence-corrected chi connectivity index (χ3v) is 5.17. The number of aromatic carboxylic acids is 1. The second-order valence-corrected chi connectivity index (χ2v) is 7.56. The van der Waals surface area contributed by atoms with Gasteiger partial charge in [0, 0.05) is 17.0 Å². The van der Waals surface area contributed by atoms with Crippen molar-refractivity contribution in [1.82, 2.24) is 4.98 Å². The zero-order chi connectivity index (χ0) is 14.8. The van der Waals surface area contributed by atoms with Crippen LogP contribution in [0.25, 0.3) is 0 Å². The van der Waals surface area contributed by atoms with E-state index >= 15 is 0 Å². The van der Waals surface area contributed by atoms with Gasteiger partial charge < -0.3 is 10.4 Å². The Morgan fingerprint density at radius 1 is 1.55 bits per heavy atom. The number of pyridine rings is 1. The molecule has 0 bridgehead atoms. The quantitative estimate of drug-likeness (QED) is 0.868. The number of thioether (sulfide) groups is 1. The molecule has 0 spiro atoms. The molecule has 2 rings (SSSR count). The summed E-state index contributed by atoms with van der Waals surface area (Å²) in [7, 11) is 0. The predicted molar refractivity (Wildman–Crippen MR) is 83.9 cm³/mol. The van der Waals surface area contributed by atoms with E-state index in [1.54, 1.807) is 12.1 Å². The van der Waals surface area contributed by atoms with Crippen molar-refractivity contribution in [3.63, 3.8) is 0 Å². The van der Waals surface area contributed by atoms with Gasteiger partial charge in [0.15, 0.2) is 0 Å². The molecule has 1 aliphatic rings. The predicted octanol–water partition coefficient (Wildman–Crippen LogP) is 3.60. The van der Waals surface area contributed by atoms with Crippen LogP contribution in [-0.4, -0.2) is 33.1 Å². The Morgan fingerprint density at radius 2 is 2.30 bits per heavy atom. The lowest BCUT2D eigenvalue weighted by Gasteiger charge is -2.23. The molecule has 110 valence electrons. The fourth-order valence-electron chi connectivity index (χ4n) is 2.32. The van der Waals surface area contributed by atoms with Gasteiger partial charge in [0.05, 0.1) is 5.56 Å². The van der Waals surface area contributed by atoms with E-state index in [9.17, 15) is 9.90 Å². The lowest BCUT2D eigenvalue weighted by atomic mass is 10.1. The maximum atomic E-state index is 11.2. The van der Waals surface area contributed by atoms with E-state index in [4.69, 9.17) is 0 Å². The maximum Gasteiger partial charge on any atom is 0.335 e. The van der Waals surface area contributed by atoms with Crippen molar-refractivity contribution in [3.05, 3.63) is 23.4 Å². The molecule has 0 saturated carbocycles. The molecule has 0 amide bonds. The summed E-state index contributed by atoms with van der Waals surface area (Å²) < 4.78 is 0.235. The Balaban J connectivity index is 2.15. The first-order valence-electron chi connectivity index (χ1n) is 7.03. The highest BCUT2D eigenvalue weighted by molar-refractivity contribution is 8.00. The van der Waals surface area contributed by atoms with Gasteiger partial charge in [-0.1, -0.05) is 13.8 Å². The zero-order valence-corrected chi connectivity index (χ0v) is 13.1. The van der Waals surface area contributed by atoms with Crippen LogP contribution in [0.15, 0.2) is 12.1 Å². The summed E-state index contributed by atoms with van der Waals surface area (Å²) in [6.07, 6.45) is 2.45. The van der Waals surface area contributed by atoms with Gasteiger partial charge in [-0.3, -0.25) is 0 Å². The Morgan fingerprint density at radius 3 is 2.85 bits per heavy atom. The van der Waals surface area contributed by atoms with Crippen molar-refractivity contribution in [2.45, 2.75) is 44.3 Å². The number of carboxylic acid groups (broad SMARTS) is 1. The monoisotopic (exact) mass is 294 g/mol. The van der Waals surface area contributed by atoms with Gasteiger partial charge >= 0.3 is 5.97 Å². The first kappa shape index (κ1) is 15.2. The molecule has 1 unspecified atom stereocenters. The normalized spacial score (nSPS) is 22.2. The van der Waals surface area contributed by atoms with E-state index < -0.39 is 5.97 Å². The first-order valence-corrected chi connectivity index (χ1v) is 8.01. The van der Waals surface area contributed by atoms with Crippen LogP contribution in [-0.2, 0) is 0 Å². The maximum absolute atomic E-state index is 11.2. The summed E-state index contributed by atoms with van der Waals surface area (Å²) in [6.45, 7) is 7.12. The van der Waals surface area contributed by atoms with Crippen molar-refractivity contribution < 1.29 is 9.90 Å². The number of carboxylic acids is 1. The second-order valence-electron chi connectivity index (χ2n) is 5.88. The molecule has 2 heterocycles. The molecule has 0 aliphatic carbocycles. The summed E-state index contributed by atoms with van der Waals surface area (Å²) in [4.78, 5) is 15.7. The number of anilines is 1. The number of aromatic nitrogens is 1. The van der Waals surface area contributed by atoms with Crippen LogP contribution in [0.5, 0.6) is 0 Å². The Labute approximate surface area is 124 Å². The van der Waals surface area contributed by atoms with Crippen LogP contribution >= 0.6 is 11.8 Å². The number of rotatable bonds is 5. The minimum atomic E-state index is -0.904. The molecule has 1 aromatic rings. The molecule has 2 N–H and O–H groups in total. The van der Waals surface area contributed by atoms with Crippen molar-refractivity contribution >= 4 is 23.5 Å². The van der Waals surface area contributed by atoms with E-state index in [0.717, 1.165) is 12.2 Å². The van der Waals surface area contributed by atoms with E-state index in [1.807, 2.05) is 25.6 Å². The highest BCUT2D eigenvalue weighted by atomic mass is 32.2. The first-order chi connectivity index (χ1) is 9.39. The van der Waals surface area contributed by atoms with Crippen LogP contribution in [0.3, 0.4) is 0 Å². The van der Waals surface area contributed by atoms with Gasteiger partial charge in [0.1, 0.15) is 5.82 Å². The Kier molecular flexibility index (Phi) is 4.58. The average Bonchev–Trinajstić information content (AvgIpc) is 2.83. The summed E-state index contributed by atoms with van der Waals surface area (Å²) in [6, 6.07) is 3.28. The van der Waals surface area contributed by atoms with E-state index in [1.165, 1.54) is 18.6 Å². The highest BCUT2D eigenvalue weighted by Gasteiger charge is 2.29. The van der Waals surface area contributed by atoms with Crippen molar-refractivity contribution in [1.29, 1.82) is 0 Å². The highest BCUT2D eigenvalue weighted by Crippen LogP contribution is 2.37. The van der Waals surface area contributed by atoms with Gasteiger partial charge in [-0.2, -0.15) is 11.8 Å². The molecule has 4 nitrogen and oxygen atoms in total. The Hall–Kier alpha value is -1.23. The van der Waals surface area contributed by atoms with Gasteiger partial charge in [-0.25, -0.2) is 9.78 Å². The lowest BCUT2D eigenvalue weighted by Crippen LogP contribution is -2.27. The van der Waals surface area contributed by atoms with Crippen LogP contribution in [0.1, 0.15) is 55.6 Å². The van der Waals surface area contributed by atoms with Crippen LogP contribution < -0.4 is 5.32 Å². The molecular formula is C15H22N2O2S. The number of hydrogen-bond acceptors (Lipinski definition) is 4. The van der Waals surface area contributed by atoms with Gasteiger partial charge in [-0.05, 0) is 43.6 Å². The fraction of sp³-hybridized carbons (Fsp3) is 0.600. The molecule has 1 fully saturated rings. The Bertz CT molecular complexity index is 497. The molecule has 1 atom stereocenters. The standard InChI is InChI=1S/C15H22N2O2S/c1-10(2)12-7-11(14(18)19)8-13(17-12)16-9-15(3)5-4-6-20-15/h7-8,10H,4-6,9H2,1-3H3,(H,16,17)(H,18,19). The number of nitrogens with one attached hydrogen (secondary N) is 1. The summed E-state index contributed by atoms with van der Waals surface area (Å²) in [5.41, 5.74) is 1.12. The lowest BCUT2D eigenvalue weighted by molar-refractivity contribution is 0.0696. The number of carbonyl (C=O) groups is 1. The molecule has 20 heavy (non-hydrogen) atoms. The summed E-state index contributed by atoms with van der Waals surface area (Å²) >= 11 is 1.98. The molecule has 5 heteroatoms. The minimum Gasteiger partial charge on any atom is -0.478 e. The fourth-order valence-corrected chi connectivity index (χ4v) is 3.56. The molecule has 0 aromatic carbocycles. The van der Waals surface area contributed by atoms with Crippen molar-refractivity contribution in [3.8, 4) is 0 Å². The topological polar surface area (TPSA) is 62.2 Å².